The summed E-state index contributed by atoms with van der Waals surface area (Å²) in [4.78, 5) is 10.4. The van der Waals surface area contributed by atoms with Gasteiger partial charge in [0.05, 0.1) is 0 Å². The zero-order valence-electron chi connectivity index (χ0n) is 12.3. The van der Waals surface area contributed by atoms with Gasteiger partial charge in [0.25, 0.3) is 0 Å². The second-order valence-corrected chi connectivity index (χ2v) is 6.88. The summed E-state index contributed by atoms with van der Waals surface area (Å²) in [6.45, 7) is 6.41. The first-order valence-electron chi connectivity index (χ1n) is 7.40. The average molecular weight is 280 g/mol. The fraction of sp³-hybridized carbons (Fsp3) is 0.800. The van der Waals surface area contributed by atoms with Gasteiger partial charge < -0.3 is 9.90 Å². The van der Waals surface area contributed by atoms with Crippen molar-refractivity contribution in [1.82, 2.24) is 0 Å². The van der Waals surface area contributed by atoms with Crippen LogP contribution in [0.15, 0.2) is 12.2 Å². The van der Waals surface area contributed by atoms with Crippen molar-refractivity contribution >= 4 is 21.5 Å². The maximum Gasteiger partial charge on any atom is 0.0451 e. The number of carboxylic acids is 1. The molecule has 0 N–H and O–H groups in total. The predicted octanol–water partition coefficient (Wildman–Crippen LogP) is 2.20. The van der Waals surface area contributed by atoms with E-state index in [1.165, 1.54) is 18.1 Å². The quantitative estimate of drug-likeness (QED) is 0.426. The van der Waals surface area contributed by atoms with Crippen molar-refractivity contribution in [2.24, 2.45) is 17.8 Å². The molecule has 19 heavy (non-hydrogen) atoms. The van der Waals surface area contributed by atoms with Gasteiger partial charge in [-0.3, -0.25) is 0 Å². The van der Waals surface area contributed by atoms with E-state index in [-0.39, 0.29) is 27.4 Å². The van der Waals surface area contributed by atoms with Gasteiger partial charge in [0, 0.05) is 11.9 Å². The summed E-state index contributed by atoms with van der Waals surface area (Å²) >= 11 is 0.286. The van der Waals surface area contributed by atoms with E-state index < -0.39 is 5.97 Å². The van der Waals surface area contributed by atoms with Crippen LogP contribution in [0.2, 0.25) is 5.28 Å². The summed E-state index contributed by atoms with van der Waals surface area (Å²) in [6.07, 6.45) is 9.08. The first-order valence-corrected chi connectivity index (χ1v) is 8.69. The summed E-state index contributed by atoms with van der Waals surface area (Å²) in [5.41, 5.74) is 0. The van der Waals surface area contributed by atoms with Crippen molar-refractivity contribution in [1.29, 1.82) is 0 Å². The van der Waals surface area contributed by atoms with Gasteiger partial charge in [0.15, 0.2) is 0 Å². The Balaban J connectivity index is 0.000000192. The van der Waals surface area contributed by atoms with Gasteiger partial charge in [-0.1, -0.05) is 12.2 Å². The minimum Gasteiger partial charge on any atom is -0.550 e. The first kappa shape index (κ1) is 16.8. The number of hydrogen-bond acceptors (Lipinski definition) is 3. The fourth-order valence-electron chi connectivity index (χ4n) is 2.60. The monoisotopic (exact) mass is 280 g/mol. The molecule has 4 heteroatoms. The number of carbonyl (C=O) groups is 1. The molecular weight excluding hydrogens is 255 g/mol. The molecule has 2 rings (SSSR count). The number of unbranched alkanes of at least 4 members (excludes halogenated alkanes) is 1. The number of allylic oxidation sites excluding steroid dienone is 2. The van der Waals surface area contributed by atoms with Crippen LogP contribution >= 0.6 is 0 Å². The maximum atomic E-state index is 10.4. The van der Waals surface area contributed by atoms with E-state index in [0.29, 0.717) is 12.0 Å². The Labute approximate surface area is 123 Å². The van der Waals surface area contributed by atoms with Crippen molar-refractivity contribution in [3.05, 3.63) is 12.2 Å². The molecule has 3 nitrogen and oxygen atoms in total. The summed E-state index contributed by atoms with van der Waals surface area (Å²) in [5.74, 6) is -0.227. The summed E-state index contributed by atoms with van der Waals surface area (Å²) < 4.78 is 5.43. The second kappa shape index (κ2) is 8.79. The molecule has 1 fully saturated rings. The first-order chi connectivity index (χ1) is 9.04. The normalized spacial score (nSPS) is 27.1. The van der Waals surface area contributed by atoms with Crippen LogP contribution in [0.1, 0.15) is 46.5 Å². The minimum absolute atomic E-state index is 0.185. The van der Waals surface area contributed by atoms with E-state index in [2.05, 4.69) is 26.8 Å². The molecule has 2 aliphatic carbocycles. The number of fused-ring (bicyclic) bond motifs is 2. The predicted molar refractivity (Wildman–Crippen MR) is 75.5 cm³/mol. The molecule has 0 amide bonds. The molecule has 0 aliphatic heterocycles. The zero-order valence-corrected chi connectivity index (χ0v) is 13.5. The van der Waals surface area contributed by atoms with Gasteiger partial charge in [-0.15, -0.1) is 0 Å². The van der Waals surface area contributed by atoms with Crippen LogP contribution in [0.4, 0.5) is 0 Å². The van der Waals surface area contributed by atoms with E-state index >= 15 is 0 Å². The van der Waals surface area contributed by atoms with Crippen LogP contribution in [0.25, 0.3) is 0 Å². The van der Waals surface area contributed by atoms with Crippen molar-refractivity contribution in [3.8, 4) is 0 Å². The Bertz CT molecular complexity index is 302. The van der Waals surface area contributed by atoms with Gasteiger partial charge >= 0.3 is 64.3 Å². The van der Waals surface area contributed by atoms with Crippen molar-refractivity contribution in [3.63, 3.8) is 0 Å². The molecule has 0 aromatic heterocycles. The van der Waals surface area contributed by atoms with Gasteiger partial charge in [0.1, 0.15) is 0 Å². The van der Waals surface area contributed by atoms with Crippen LogP contribution in [0.3, 0.4) is 0 Å². The van der Waals surface area contributed by atoms with Crippen molar-refractivity contribution in [2.45, 2.75) is 57.8 Å². The third kappa shape index (κ3) is 6.12. The third-order valence-corrected chi connectivity index (χ3v) is 5.01. The van der Waals surface area contributed by atoms with Crippen LogP contribution in [-0.4, -0.2) is 27.6 Å². The fourth-order valence-corrected chi connectivity index (χ4v) is 3.70. The van der Waals surface area contributed by atoms with E-state index in [1.54, 1.807) is 0 Å². The summed E-state index contributed by atoms with van der Waals surface area (Å²) in [7, 11) is 0. The van der Waals surface area contributed by atoms with Gasteiger partial charge in [0.2, 0.25) is 0 Å². The molecular formula is C15H25AlO3. The minimum atomic E-state index is -0.864. The summed E-state index contributed by atoms with van der Waals surface area (Å²) in [6, 6.07) is 0. The molecule has 0 radical (unpaired) electrons. The number of carbonyl (C=O) groups excluding carboxylic acids is 1. The Hall–Kier alpha value is -0.298. The van der Waals surface area contributed by atoms with E-state index in [4.69, 9.17) is 3.79 Å². The van der Waals surface area contributed by atoms with Gasteiger partial charge in [-0.05, 0) is 24.7 Å². The van der Waals surface area contributed by atoms with Gasteiger partial charge in [-0.25, -0.2) is 0 Å². The zero-order chi connectivity index (χ0) is 14.3. The molecule has 1 saturated carbocycles. The molecule has 0 aromatic rings. The molecule has 0 spiro atoms. The topological polar surface area (TPSA) is 49.4 Å². The summed E-state index contributed by atoms with van der Waals surface area (Å²) in [5, 5.41) is 11.7. The standard InChI is InChI=1S/C8H10O2.C4H9.C3H7O.Al/c9-8(10)7-4-5-1-2-6(7)3-5;1-3-4-2;1-3(2)4;/h1-2,5-7H,3-4H2,(H,9,10);1,3-4H2,2H3;3H,1-2H3;/q;;-1;+2/p-1. The Morgan fingerprint density at radius 2 is 2.16 bits per heavy atom. The number of carboxylic acid groups (broad SMARTS) is 1. The van der Waals surface area contributed by atoms with E-state index in [9.17, 15) is 9.90 Å². The molecule has 106 valence electrons. The Morgan fingerprint density at radius 3 is 2.53 bits per heavy atom. The molecule has 3 unspecified atom stereocenters. The third-order valence-electron chi connectivity index (χ3n) is 3.63. The van der Waals surface area contributed by atoms with Crippen LogP contribution < -0.4 is 5.11 Å². The largest absolute Gasteiger partial charge is 0.550 e. The molecule has 2 bridgehead atoms. The number of rotatable bonds is 6. The molecule has 0 saturated heterocycles. The Kier molecular flexibility index (Phi) is 7.75. The van der Waals surface area contributed by atoms with Crippen LogP contribution in [0, 0.1) is 17.8 Å². The number of hydrogen-bond donors (Lipinski definition) is 0. The molecule has 2 aliphatic rings. The average Bonchev–Trinajstić information content (AvgIpc) is 2.97. The van der Waals surface area contributed by atoms with E-state index in [0.717, 1.165) is 12.8 Å². The van der Waals surface area contributed by atoms with Crippen molar-refractivity contribution in [2.75, 3.05) is 0 Å². The van der Waals surface area contributed by atoms with Gasteiger partial charge in [-0.2, -0.15) is 0 Å². The molecule has 3 atom stereocenters. The van der Waals surface area contributed by atoms with Crippen molar-refractivity contribution < 1.29 is 13.7 Å². The second-order valence-electron chi connectivity index (χ2n) is 5.70. The SMILES string of the molecule is CCC[CH2][Al+][O]C(C)C.O=C([O-])C1CC2C=CC1C2. The number of aliphatic carboxylic acids is 1. The molecule has 0 aromatic carbocycles. The maximum absolute atomic E-state index is 10.4. The Morgan fingerprint density at radius 1 is 1.42 bits per heavy atom. The van der Waals surface area contributed by atoms with Crippen LogP contribution in [-0.2, 0) is 8.58 Å². The van der Waals surface area contributed by atoms with Crippen LogP contribution in [0.5, 0.6) is 0 Å². The molecule has 0 heterocycles. The van der Waals surface area contributed by atoms with E-state index in [1.807, 2.05) is 6.08 Å². The smallest absolute Gasteiger partial charge is 0.0451 e.